The number of rotatable bonds is 2. The molecule has 1 aliphatic rings. The van der Waals surface area contributed by atoms with Crippen LogP contribution in [0.25, 0.3) is 0 Å². The zero-order valence-corrected chi connectivity index (χ0v) is 11.7. The van der Waals surface area contributed by atoms with Crippen LogP contribution in [0.15, 0.2) is 18.3 Å². The van der Waals surface area contributed by atoms with Crippen LogP contribution in [0.4, 0.5) is 5.69 Å². The van der Waals surface area contributed by atoms with Crippen LogP contribution in [0, 0.1) is 0 Å². The van der Waals surface area contributed by atoms with Gasteiger partial charge in [0.25, 0.3) is 0 Å². The summed E-state index contributed by atoms with van der Waals surface area (Å²) in [6.45, 7) is 2.33. The molecule has 2 rings (SSSR count). The first-order valence-corrected chi connectivity index (χ1v) is 7.85. The second-order valence-electron chi connectivity index (χ2n) is 4.39. The highest BCUT2D eigenvalue weighted by Crippen LogP contribution is 2.24. The molecule has 0 saturated carbocycles. The van der Waals surface area contributed by atoms with E-state index in [1.165, 1.54) is 0 Å². The first-order valence-electron chi connectivity index (χ1n) is 5.62. The van der Waals surface area contributed by atoms with Crippen LogP contribution in [0.5, 0.6) is 0 Å². The average molecular weight is 285 g/mol. The van der Waals surface area contributed by atoms with Crippen LogP contribution in [0.3, 0.4) is 0 Å². The third kappa shape index (κ3) is 2.62. The lowest BCUT2D eigenvalue weighted by atomic mass is 10.2. The third-order valence-electron chi connectivity index (χ3n) is 3.00. The predicted molar refractivity (Wildman–Crippen MR) is 75.6 cm³/mol. The van der Waals surface area contributed by atoms with Crippen molar-refractivity contribution in [1.82, 2.24) is 4.98 Å². The maximum Gasteiger partial charge on any atom is 0.154 e. The van der Waals surface area contributed by atoms with E-state index >= 15 is 0 Å². The maximum atomic E-state index is 11.6. The van der Waals surface area contributed by atoms with Gasteiger partial charge < -0.3 is 10.6 Å². The highest BCUT2D eigenvalue weighted by molar-refractivity contribution is 7.91. The Labute approximate surface area is 112 Å². The normalized spacial score (nSPS) is 22.7. The molecule has 1 aromatic rings. The zero-order chi connectivity index (χ0) is 13.3. The summed E-state index contributed by atoms with van der Waals surface area (Å²) in [7, 11) is -2.93. The van der Waals surface area contributed by atoms with E-state index < -0.39 is 9.84 Å². The van der Waals surface area contributed by atoms with Crippen molar-refractivity contribution in [2.24, 2.45) is 5.73 Å². The molecule has 7 heteroatoms. The fraction of sp³-hybridized carbons (Fsp3) is 0.455. The van der Waals surface area contributed by atoms with E-state index in [0.717, 1.165) is 5.69 Å². The monoisotopic (exact) mass is 285 g/mol. The zero-order valence-electron chi connectivity index (χ0n) is 10.0. The van der Waals surface area contributed by atoms with Gasteiger partial charge in [-0.05, 0) is 19.1 Å². The summed E-state index contributed by atoms with van der Waals surface area (Å²) in [5.41, 5.74) is 7.01. The summed E-state index contributed by atoms with van der Waals surface area (Å²) >= 11 is 4.97. The highest BCUT2D eigenvalue weighted by Gasteiger charge is 2.29. The fourth-order valence-electron chi connectivity index (χ4n) is 2.17. The van der Waals surface area contributed by atoms with Gasteiger partial charge in [0.1, 0.15) is 10.7 Å². The number of sulfone groups is 1. The van der Waals surface area contributed by atoms with E-state index in [9.17, 15) is 8.42 Å². The van der Waals surface area contributed by atoms with E-state index in [4.69, 9.17) is 18.0 Å². The molecule has 1 aliphatic heterocycles. The number of nitrogens with zero attached hydrogens (tertiary/aromatic N) is 2. The Balaban J connectivity index is 2.36. The first-order chi connectivity index (χ1) is 8.41. The number of hydrogen-bond acceptors (Lipinski definition) is 5. The standard InChI is InChI=1S/C11H15N3O2S2/c1-8-7-18(15,16)6-5-14(8)9-3-2-4-13-10(9)11(12)17/h2-4,8H,5-7H2,1H3,(H2,12,17). The molecule has 1 fully saturated rings. The first kappa shape index (κ1) is 13.2. The summed E-state index contributed by atoms with van der Waals surface area (Å²) in [4.78, 5) is 6.40. The molecule has 0 bridgehead atoms. The summed E-state index contributed by atoms with van der Waals surface area (Å²) in [5, 5.41) is 0. The topological polar surface area (TPSA) is 76.3 Å². The SMILES string of the molecule is CC1CS(=O)(=O)CCN1c1cccnc1C(N)=S. The molecular weight excluding hydrogens is 270 g/mol. The van der Waals surface area contributed by atoms with Gasteiger partial charge in [0.15, 0.2) is 9.84 Å². The Morgan fingerprint density at radius 3 is 2.94 bits per heavy atom. The molecule has 0 amide bonds. The van der Waals surface area contributed by atoms with Crippen molar-refractivity contribution in [3.8, 4) is 0 Å². The second-order valence-corrected chi connectivity index (χ2v) is 7.06. The second kappa shape index (κ2) is 4.81. The molecule has 0 radical (unpaired) electrons. The van der Waals surface area contributed by atoms with Crippen molar-refractivity contribution in [2.45, 2.75) is 13.0 Å². The largest absolute Gasteiger partial charge is 0.388 e. The number of pyridine rings is 1. The Kier molecular flexibility index (Phi) is 3.54. The van der Waals surface area contributed by atoms with Crippen molar-refractivity contribution >= 4 is 32.7 Å². The lowest BCUT2D eigenvalue weighted by Gasteiger charge is -2.35. The van der Waals surface area contributed by atoms with Gasteiger partial charge in [0.2, 0.25) is 0 Å². The van der Waals surface area contributed by atoms with E-state index in [1.54, 1.807) is 12.3 Å². The van der Waals surface area contributed by atoms with Gasteiger partial charge in [-0.25, -0.2) is 8.42 Å². The molecule has 18 heavy (non-hydrogen) atoms. The third-order valence-corrected chi connectivity index (χ3v) is 4.99. The maximum absolute atomic E-state index is 11.6. The molecule has 2 heterocycles. The lowest BCUT2D eigenvalue weighted by molar-refractivity contribution is 0.568. The molecule has 1 unspecified atom stereocenters. The lowest BCUT2D eigenvalue weighted by Crippen LogP contribution is -2.47. The van der Waals surface area contributed by atoms with Gasteiger partial charge in [0.05, 0.1) is 17.2 Å². The fourth-order valence-corrected chi connectivity index (χ4v) is 3.89. The van der Waals surface area contributed by atoms with Crippen molar-refractivity contribution in [3.63, 3.8) is 0 Å². The molecule has 1 aromatic heterocycles. The summed E-state index contributed by atoms with van der Waals surface area (Å²) < 4.78 is 23.1. The number of aromatic nitrogens is 1. The quantitative estimate of drug-likeness (QED) is 0.790. The number of anilines is 1. The molecule has 5 nitrogen and oxygen atoms in total. The van der Waals surface area contributed by atoms with Crippen molar-refractivity contribution < 1.29 is 8.42 Å². The minimum absolute atomic E-state index is 0.0963. The van der Waals surface area contributed by atoms with Crippen LogP contribution in [-0.4, -0.2) is 42.5 Å². The molecule has 1 atom stereocenters. The van der Waals surface area contributed by atoms with E-state index in [2.05, 4.69) is 4.98 Å². The molecule has 1 saturated heterocycles. The molecule has 98 valence electrons. The Hall–Kier alpha value is -1.21. The van der Waals surface area contributed by atoms with Gasteiger partial charge >= 0.3 is 0 Å². The molecule has 0 spiro atoms. The van der Waals surface area contributed by atoms with Crippen molar-refractivity contribution in [2.75, 3.05) is 23.0 Å². The number of hydrogen-bond donors (Lipinski definition) is 1. The minimum Gasteiger partial charge on any atom is -0.388 e. The Morgan fingerprint density at radius 1 is 1.61 bits per heavy atom. The van der Waals surface area contributed by atoms with Crippen LogP contribution < -0.4 is 10.6 Å². The van der Waals surface area contributed by atoms with Crippen LogP contribution in [0.2, 0.25) is 0 Å². The van der Waals surface area contributed by atoms with Gasteiger partial charge in [-0.1, -0.05) is 12.2 Å². The van der Waals surface area contributed by atoms with E-state index in [-0.39, 0.29) is 22.5 Å². The molecule has 0 aromatic carbocycles. The number of nitrogens with two attached hydrogens (primary N) is 1. The Bertz CT molecular complexity index is 571. The average Bonchev–Trinajstić information content (AvgIpc) is 2.28. The van der Waals surface area contributed by atoms with Gasteiger partial charge in [-0.15, -0.1) is 0 Å². The summed E-state index contributed by atoms with van der Waals surface area (Å²) in [5.74, 6) is 0.307. The highest BCUT2D eigenvalue weighted by atomic mass is 32.2. The van der Waals surface area contributed by atoms with E-state index in [1.807, 2.05) is 17.9 Å². The molecular formula is C11H15N3O2S2. The van der Waals surface area contributed by atoms with Gasteiger partial charge in [0, 0.05) is 18.8 Å². The number of thiocarbonyl (C=S) groups is 1. The van der Waals surface area contributed by atoms with Crippen molar-refractivity contribution in [1.29, 1.82) is 0 Å². The van der Waals surface area contributed by atoms with Gasteiger partial charge in [-0.2, -0.15) is 0 Å². The van der Waals surface area contributed by atoms with E-state index in [0.29, 0.717) is 12.2 Å². The molecule has 2 N–H and O–H groups in total. The van der Waals surface area contributed by atoms with Gasteiger partial charge in [-0.3, -0.25) is 4.98 Å². The van der Waals surface area contributed by atoms with Crippen LogP contribution in [-0.2, 0) is 9.84 Å². The van der Waals surface area contributed by atoms with Crippen LogP contribution >= 0.6 is 12.2 Å². The molecule has 0 aliphatic carbocycles. The predicted octanol–water partition coefficient (Wildman–Crippen LogP) is 0.339. The van der Waals surface area contributed by atoms with Crippen molar-refractivity contribution in [3.05, 3.63) is 24.0 Å². The minimum atomic E-state index is -2.93. The summed E-state index contributed by atoms with van der Waals surface area (Å²) in [6.07, 6.45) is 1.63. The summed E-state index contributed by atoms with van der Waals surface area (Å²) in [6, 6.07) is 3.57. The smallest absolute Gasteiger partial charge is 0.154 e. The Morgan fingerprint density at radius 2 is 2.33 bits per heavy atom. The van der Waals surface area contributed by atoms with Crippen LogP contribution in [0.1, 0.15) is 12.6 Å².